The molecule has 0 aliphatic heterocycles. The summed E-state index contributed by atoms with van der Waals surface area (Å²) < 4.78 is 0.932. The Hall–Kier alpha value is -0.170. The van der Waals surface area contributed by atoms with E-state index >= 15 is 0 Å². The predicted molar refractivity (Wildman–Crippen MR) is 51.1 cm³/mol. The van der Waals surface area contributed by atoms with Crippen molar-refractivity contribution in [1.29, 1.82) is 0 Å². The van der Waals surface area contributed by atoms with E-state index in [-0.39, 0.29) is 0 Å². The Morgan fingerprint density at radius 2 is 2.40 bits per heavy atom. The number of anilines is 1. The van der Waals surface area contributed by atoms with E-state index in [1.807, 2.05) is 6.92 Å². The molecule has 0 saturated heterocycles. The van der Waals surface area contributed by atoms with Gasteiger partial charge in [-0.3, -0.25) is 0 Å². The van der Waals surface area contributed by atoms with E-state index in [1.165, 1.54) is 11.3 Å². The molecule has 54 valence electrons. The molecule has 0 saturated carbocycles. The lowest BCUT2D eigenvalue weighted by molar-refractivity contribution is 1.07. The van der Waals surface area contributed by atoms with Gasteiger partial charge in [0.2, 0.25) is 5.13 Å². The van der Waals surface area contributed by atoms with Gasteiger partial charge in [-0.15, -0.1) is 10.2 Å². The number of hydrogen-bond acceptors (Lipinski definition) is 4. The minimum atomic E-state index is 0.803. The van der Waals surface area contributed by atoms with Crippen LogP contribution in [0.2, 0.25) is 0 Å². The molecule has 1 aromatic heterocycles. The molecule has 0 aliphatic carbocycles. The summed E-state index contributed by atoms with van der Waals surface area (Å²) in [5, 5.41) is 11.4. The van der Waals surface area contributed by atoms with Crippen molar-refractivity contribution in [3.05, 3.63) is 15.3 Å². The van der Waals surface area contributed by atoms with Crippen LogP contribution in [0.3, 0.4) is 0 Å². The molecule has 0 aliphatic rings. The first-order chi connectivity index (χ1) is 4.68. The van der Waals surface area contributed by atoms with Crippen molar-refractivity contribution in [3.8, 4) is 0 Å². The minimum absolute atomic E-state index is 0.803. The van der Waals surface area contributed by atoms with Gasteiger partial charge in [-0.1, -0.05) is 17.9 Å². The molecular weight excluding hydrogens is 261 g/mol. The first-order valence-electron chi connectivity index (χ1n) is 2.60. The van der Waals surface area contributed by atoms with Crippen LogP contribution in [-0.4, -0.2) is 10.2 Å². The normalized spacial score (nSPS) is 9.40. The summed E-state index contributed by atoms with van der Waals surface area (Å²) in [7, 11) is 0. The maximum absolute atomic E-state index is 3.84. The summed E-state index contributed by atoms with van der Waals surface area (Å²) in [6, 6.07) is 0. The van der Waals surface area contributed by atoms with Crippen LogP contribution in [0.5, 0.6) is 0 Å². The summed E-state index contributed by atoms with van der Waals surface area (Å²) in [5.74, 6) is 0. The molecule has 0 fully saturated rings. The Bertz CT molecular complexity index is 245. The zero-order chi connectivity index (χ0) is 7.56. The first kappa shape index (κ1) is 7.93. The molecule has 3 nitrogen and oxygen atoms in total. The second-order valence-corrected chi connectivity index (χ2v) is 4.50. The lowest BCUT2D eigenvalue weighted by Crippen LogP contribution is -1.91. The number of nitrogens with one attached hydrogen (secondary N) is 1. The zero-order valence-electron chi connectivity index (χ0n) is 5.39. The van der Waals surface area contributed by atoms with Crippen LogP contribution < -0.4 is 5.32 Å². The molecule has 0 unspecified atom stereocenters. The Kier molecular flexibility index (Phi) is 2.61. The summed E-state index contributed by atoms with van der Waals surface area (Å²) in [5.41, 5.74) is 0.882. The number of allylic oxidation sites excluding steroid dienone is 1. The number of aromatic nitrogens is 2. The van der Waals surface area contributed by atoms with Crippen molar-refractivity contribution >= 4 is 39.1 Å². The van der Waals surface area contributed by atoms with Gasteiger partial charge in [-0.05, 0) is 29.5 Å². The predicted octanol–water partition coefficient (Wildman–Crippen LogP) is 2.09. The maximum atomic E-state index is 3.84. The molecular formula is C5H6IN3S. The van der Waals surface area contributed by atoms with Gasteiger partial charge < -0.3 is 5.32 Å². The Morgan fingerprint density at radius 1 is 1.70 bits per heavy atom. The number of hydrogen-bond donors (Lipinski definition) is 1. The Labute approximate surface area is 76.7 Å². The van der Waals surface area contributed by atoms with Gasteiger partial charge >= 0.3 is 0 Å². The number of halogens is 1. The van der Waals surface area contributed by atoms with Crippen molar-refractivity contribution in [2.75, 3.05) is 5.32 Å². The van der Waals surface area contributed by atoms with Crippen LogP contribution in [0.25, 0.3) is 0 Å². The van der Waals surface area contributed by atoms with E-state index in [2.05, 4.69) is 44.7 Å². The molecule has 1 heterocycles. The zero-order valence-corrected chi connectivity index (χ0v) is 8.36. The fraction of sp³-hybridized carbons (Fsp3) is 0.200. The average Bonchev–Trinajstić information content (AvgIpc) is 2.13. The van der Waals surface area contributed by atoms with E-state index in [0.29, 0.717) is 0 Å². The minimum Gasteiger partial charge on any atom is -0.335 e. The summed E-state index contributed by atoms with van der Waals surface area (Å²) in [6.07, 6.45) is 0. The second kappa shape index (κ2) is 3.29. The van der Waals surface area contributed by atoms with Gasteiger partial charge in [0.05, 0.1) is 0 Å². The number of rotatable bonds is 2. The maximum Gasteiger partial charge on any atom is 0.210 e. The molecule has 0 atom stereocenters. The monoisotopic (exact) mass is 267 g/mol. The highest BCUT2D eigenvalue weighted by atomic mass is 127. The summed E-state index contributed by atoms with van der Waals surface area (Å²) in [6.45, 7) is 5.57. The molecule has 5 heteroatoms. The molecule has 1 rings (SSSR count). The second-order valence-electron chi connectivity index (χ2n) is 1.77. The smallest absolute Gasteiger partial charge is 0.210 e. The van der Waals surface area contributed by atoms with Crippen LogP contribution in [0.4, 0.5) is 5.13 Å². The van der Waals surface area contributed by atoms with Crippen molar-refractivity contribution < 1.29 is 0 Å². The van der Waals surface area contributed by atoms with Gasteiger partial charge in [0.15, 0.2) is 3.01 Å². The van der Waals surface area contributed by atoms with E-state index < -0.39 is 0 Å². The lowest BCUT2D eigenvalue weighted by Gasteiger charge is -1.95. The molecule has 0 aromatic carbocycles. The SMILES string of the molecule is C=C(C)Nc1nnc(I)s1. The molecule has 1 N–H and O–H groups in total. The molecule has 0 radical (unpaired) electrons. The molecule has 0 spiro atoms. The number of nitrogens with zero attached hydrogens (tertiary/aromatic N) is 2. The Balaban J connectivity index is 2.67. The van der Waals surface area contributed by atoms with Crippen LogP contribution in [0.15, 0.2) is 12.3 Å². The highest BCUT2D eigenvalue weighted by Gasteiger charge is 1.98. The average molecular weight is 267 g/mol. The summed E-state index contributed by atoms with van der Waals surface area (Å²) in [4.78, 5) is 0. The fourth-order valence-corrected chi connectivity index (χ4v) is 1.72. The summed E-state index contributed by atoms with van der Waals surface area (Å²) >= 11 is 3.63. The molecule has 10 heavy (non-hydrogen) atoms. The molecule has 0 amide bonds. The van der Waals surface area contributed by atoms with Crippen LogP contribution in [-0.2, 0) is 0 Å². The van der Waals surface area contributed by atoms with Gasteiger partial charge in [0, 0.05) is 5.70 Å². The van der Waals surface area contributed by atoms with Crippen molar-refractivity contribution in [3.63, 3.8) is 0 Å². The highest BCUT2D eigenvalue weighted by Crippen LogP contribution is 2.17. The van der Waals surface area contributed by atoms with Crippen LogP contribution >= 0.6 is 33.9 Å². The van der Waals surface area contributed by atoms with E-state index in [0.717, 1.165) is 13.8 Å². The van der Waals surface area contributed by atoms with Crippen molar-refractivity contribution in [1.82, 2.24) is 10.2 Å². The van der Waals surface area contributed by atoms with Gasteiger partial charge in [-0.25, -0.2) is 0 Å². The van der Waals surface area contributed by atoms with Crippen LogP contribution in [0, 0.1) is 3.01 Å². The van der Waals surface area contributed by atoms with Gasteiger partial charge in [0.1, 0.15) is 0 Å². The van der Waals surface area contributed by atoms with Gasteiger partial charge in [0.25, 0.3) is 0 Å². The topological polar surface area (TPSA) is 37.8 Å². The highest BCUT2D eigenvalue weighted by molar-refractivity contribution is 14.1. The third-order valence-corrected chi connectivity index (χ3v) is 2.22. The Morgan fingerprint density at radius 3 is 2.80 bits per heavy atom. The lowest BCUT2D eigenvalue weighted by atomic mass is 10.6. The van der Waals surface area contributed by atoms with Crippen LogP contribution in [0.1, 0.15) is 6.92 Å². The standard InChI is InChI=1S/C5H6IN3S/c1-3(2)7-5-9-8-4(6)10-5/h1H2,2H3,(H,7,9). The molecule has 1 aromatic rings. The molecule has 0 bridgehead atoms. The van der Waals surface area contributed by atoms with E-state index in [1.54, 1.807) is 0 Å². The van der Waals surface area contributed by atoms with Crippen molar-refractivity contribution in [2.45, 2.75) is 6.92 Å². The fourth-order valence-electron chi connectivity index (χ4n) is 0.438. The quantitative estimate of drug-likeness (QED) is 0.834. The van der Waals surface area contributed by atoms with Gasteiger partial charge in [-0.2, -0.15) is 0 Å². The van der Waals surface area contributed by atoms with E-state index in [4.69, 9.17) is 0 Å². The first-order valence-corrected chi connectivity index (χ1v) is 4.49. The van der Waals surface area contributed by atoms with Crippen molar-refractivity contribution in [2.24, 2.45) is 0 Å². The van der Waals surface area contributed by atoms with E-state index in [9.17, 15) is 0 Å². The third-order valence-electron chi connectivity index (χ3n) is 0.721. The largest absolute Gasteiger partial charge is 0.335 e. The third kappa shape index (κ3) is 2.22.